The van der Waals surface area contributed by atoms with Crippen LogP contribution in [0.5, 0.6) is 0 Å². The van der Waals surface area contributed by atoms with Crippen LogP contribution in [0.1, 0.15) is 30.9 Å². The number of rotatable bonds is 4. The van der Waals surface area contributed by atoms with Gasteiger partial charge in [0, 0.05) is 0 Å². The molecular formula is C16H16F3NO2S. The van der Waals surface area contributed by atoms with Crippen LogP contribution in [0, 0.1) is 0 Å². The molecular weight excluding hydrogens is 327 g/mol. The van der Waals surface area contributed by atoms with Gasteiger partial charge < -0.3 is 0 Å². The molecule has 0 saturated carbocycles. The zero-order chi connectivity index (χ0) is 17.3. The number of hydrogen-bond acceptors (Lipinski definition) is 2. The lowest BCUT2D eigenvalue weighted by Crippen LogP contribution is -2.17. The second-order valence-corrected chi connectivity index (χ2v) is 7.05. The van der Waals surface area contributed by atoms with E-state index in [1.54, 1.807) is 12.1 Å². The van der Waals surface area contributed by atoms with E-state index in [9.17, 15) is 21.6 Å². The molecule has 0 radical (unpaired) electrons. The predicted molar refractivity (Wildman–Crippen MR) is 82.8 cm³/mol. The molecule has 7 heteroatoms. The first-order valence-corrected chi connectivity index (χ1v) is 8.38. The van der Waals surface area contributed by atoms with Crippen LogP contribution in [0.4, 0.5) is 18.9 Å². The third kappa shape index (κ3) is 4.04. The molecule has 0 aliphatic heterocycles. The van der Waals surface area contributed by atoms with Crippen molar-refractivity contribution in [3.8, 4) is 0 Å². The maximum absolute atomic E-state index is 12.9. The van der Waals surface area contributed by atoms with Crippen molar-refractivity contribution in [2.24, 2.45) is 0 Å². The van der Waals surface area contributed by atoms with Gasteiger partial charge in [0.05, 0.1) is 16.1 Å². The summed E-state index contributed by atoms with van der Waals surface area (Å²) in [5.41, 5.74) is -0.574. The lowest BCUT2D eigenvalue weighted by Gasteiger charge is -2.15. The van der Waals surface area contributed by atoms with Crippen LogP contribution in [0.2, 0.25) is 0 Å². The van der Waals surface area contributed by atoms with E-state index in [1.165, 1.54) is 24.3 Å². The van der Waals surface area contributed by atoms with Crippen molar-refractivity contribution in [3.63, 3.8) is 0 Å². The third-order valence-corrected chi connectivity index (χ3v) is 4.72. The highest BCUT2D eigenvalue weighted by atomic mass is 32.2. The first-order chi connectivity index (χ1) is 10.6. The molecule has 0 spiro atoms. The minimum atomic E-state index is -4.64. The Bertz CT molecular complexity index is 782. The van der Waals surface area contributed by atoms with Gasteiger partial charge in [0.25, 0.3) is 10.0 Å². The van der Waals surface area contributed by atoms with Crippen molar-refractivity contribution in [1.82, 2.24) is 0 Å². The van der Waals surface area contributed by atoms with Gasteiger partial charge in [-0.15, -0.1) is 0 Å². The predicted octanol–water partition coefficient (Wildman–Crippen LogP) is 4.63. The number of hydrogen-bond donors (Lipinski definition) is 1. The van der Waals surface area contributed by atoms with Crippen molar-refractivity contribution < 1.29 is 21.6 Å². The molecule has 0 aliphatic carbocycles. The van der Waals surface area contributed by atoms with Crippen molar-refractivity contribution in [2.75, 3.05) is 4.72 Å². The number of para-hydroxylation sites is 1. The van der Waals surface area contributed by atoms with E-state index in [4.69, 9.17) is 0 Å². The van der Waals surface area contributed by atoms with Gasteiger partial charge >= 0.3 is 6.18 Å². The lowest BCUT2D eigenvalue weighted by molar-refractivity contribution is -0.136. The zero-order valence-electron chi connectivity index (χ0n) is 12.6. The highest BCUT2D eigenvalue weighted by molar-refractivity contribution is 7.92. The molecule has 0 bridgehead atoms. The Morgan fingerprint density at radius 1 is 0.957 bits per heavy atom. The summed E-state index contributed by atoms with van der Waals surface area (Å²) in [5.74, 6) is 0.227. The molecule has 2 rings (SSSR count). The normalized spacial score (nSPS) is 12.4. The largest absolute Gasteiger partial charge is 0.418 e. The van der Waals surface area contributed by atoms with Gasteiger partial charge in [0.2, 0.25) is 0 Å². The van der Waals surface area contributed by atoms with E-state index < -0.39 is 27.5 Å². The number of sulfonamides is 1. The van der Waals surface area contributed by atoms with Crippen LogP contribution >= 0.6 is 0 Å². The minimum absolute atomic E-state index is 0.0844. The number of alkyl halides is 3. The Morgan fingerprint density at radius 3 is 2.04 bits per heavy atom. The van der Waals surface area contributed by atoms with Crippen LogP contribution in [0.15, 0.2) is 53.4 Å². The van der Waals surface area contributed by atoms with E-state index >= 15 is 0 Å². The fourth-order valence-electron chi connectivity index (χ4n) is 2.05. The highest BCUT2D eigenvalue weighted by Gasteiger charge is 2.34. The fraction of sp³-hybridized carbons (Fsp3) is 0.250. The first-order valence-electron chi connectivity index (χ1n) is 6.90. The maximum atomic E-state index is 12.9. The van der Waals surface area contributed by atoms with Gasteiger partial charge in [-0.2, -0.15) is 13.2 Å². The third-order valence-electron chi connectivity index (χ3n) is 3.33. The van der Waals surface area contributed by atoms with Gasteiger partial charge in [-0.05, 0) is 35.7 Å². The molecule has 3 nitrogen and oxygen atoms in total. The summed E-state index contributed by atoms with van der Waals surface area (Å²) in [7, 11) is -4.09. The van der Waals surface area contributed by atoms with Crippen molar-refractivity contribution >= 4 is 15.7 Å². The first kappa shape index (κ1) is 17.3. The molecule has 2 aromatic rings. The monoisotopic (exact) mass is 343 g/mol. The van der Waals surface area contributed by atoms with Gasteiger partial charge in [0.15, 0.2) is 0 Å². The summed E-state index contributed by atoms with van der Waals surface area (Å²) >= 11 is 0. The molecule has 23 heavy (non-hydrogen) atoms. The van der Waals surface area contributed by atoms with E-state index in [2.05, 4.69) is 0 Å². The topological polar surface area (TPSA) is 46.2 Å². The molecule has 2 aromatic carbocycles. The van der Waals surface area contributed by atoms with Crippen molar-refractivity contribution in [1.29, 1.82) is 0 Å². The molecule has 0 saturated heterocycles. The van der Waals surface area contributed by atoms with E-state index in [0.29, 0.717) is 0 Å². The number of anilines is 1. The Kier molecular flexibility index (Phi) is 4.70. The van der Waals surface area contributed by atoms with Crippen LogP contribution in [0.3, 0.4) is 0 Å². The smallest absolute Gasteiger partial charge is 0.279 e. The average molecular weight is 343 g/mol. The Morgan fingerprint density at radius 2 is 1.52 bits per heavy atom. The molecule has 0 heterocycles. The van der Waals surface area contributed by atoms with Crippen LogP contribution in [-0.2, 0) is 16.2 Å². The van der Waals surface area contributed by atoms with E-state index in [-0.39, 0.29) is 10.8 Å². The lowest BCUT2D eigenvalue weighted by atomic mass is 10.0. The van der Waals surface area contributed by atoms with Crippen LogP contribution < -0.4 is 4.72 Å². The summed E-state index contributed by atoms with van der Waals surface area (Å²) < 4.78 is 65.4. The van der Waals surface area contributed by atoms with Crippen molar-refractivity contribution in [3.05, 3.63) is 59.7 Å². The molecule has 1 N–H and O–H groups in total. The maximum Gasteiger partial charge on any atom is 0.418 e. The molecule has 0 aliphatic rings. The Labute approximate surface area is 133 Å². The average Bonchev–Trinajstić information content (AvgIpc) is 2.46. The molecule has 0 unspecified atom stereocenters. The summed E-state index contributed by atoms with van der Waals surface area (Å²) in [6.45, 7) is 3.92. The summed E-state index contributed by atoms with van der Waals surface area (Å²) in [4.78, 5) is -0.0844. The molecule has 0 amide bonds. The number of halogens is 3. The Hall–Kier alpha value is -2.02. The SMILES string of the molecule is CC(C)c1ccc(S(=O)(=O)Nc2ccccc2C(F)(F)F)cc1. The van der Waals surface area contributed by atoms with Crippen molar-refractivity contribution in [2.45, 2.75) is 30.8 Å². The second-order valence-electron chi connectivity index (χ2n) is 5.37. The van der Waals surface area contributed by atoms with Gasteiger partial charge in [0.1, 0.15) is 0 Å². The minimum Gasteiger partial charge on any atom is -0.279 e. The fourth-order valence-corrected chi connectivity index (χ4v) is 3.13. The quantitative estimate of drug-likeness (QED) is 0.880. The summed E-state index contributed by atoms with van der Waals surface area (Å²) in [5, 5.41) is 0. The summed E-state index contributed by atoms with van der Waals surface area (Å²) in [6.07, 6.45) is -4.64. The second kappa shape index (κ2) is 6.23. The number of nitrogens with one attached hydrogen (secondary N) is 1. The molecule has 0 fully saturated rings. The standard InChI is InChI=1S/C16H16F3NO2S/c1-11(2)12-7-9-13(10-8-12)23(21,22)20-15-6-4-3-5-14(15)16(17,18)19/h3-11,20H,1-2H3. The zero-order valence-corrected chi connectivity index (χ0v) is 13.4. The van der Waals surface area contributed by atoms with E-state index in [0.717, 1.165) is 17.7 Å². The van der Waals surface area contributed by atoms with E-state index in [1.807, 2.05) is 18.6 Å². The van der Waals surface area contributed by atoms with Gasteiger partial charge in [-0.1, -0.05) is 38.1 Å². The van der Waals surface area contributed by atoms with Crippen LogP contribution in [-0.4, -0.2) is 8.42 Å². The van der Waals surface area contributed by atoms with Crippen LogP contribution in [0.25, 0.3) is 0 Å². The number of benzene rings is 2. The molecule has 124 valence electrons. The summed E-state index contributed by atoms with van der Waals surface area (Å²) in [6, 6.07) is 10.5. The Balaban J connectivity index is 2.36. The molecule has 0 atom stereocenters. The highest BCUT2D eigenvalue weighted by Crippen LogP contribution is 2.35. The van der Waals surface area contributed by atoms with Gasteiger partial charge in [-0.25, -0.2) is 8.42 Å². The molecule has 0 aromatic heterocycles. The van der Waals surface area contributed by atoms with Gasteiger partial charge in [-0.3, -0.25) is 4.72 Å².